The molecule has 0 fully saturated rings. The minimum Gasteiger partial charge on any atom is -0.317 e. The average molecular weight is 417 g/mol. The van der Waals surface area contributed by atoms with Gasteiger partial charge in [0, 0.05) is 13.8 Å². The predicted octanol–water partition coefficient (Wildman–Crippen LogP) is 5.28. The molecule has 0 bridgehead atoms. The first kappa shape index (κ1) is 16.2. The van der Waals surface area contributed by atoms with Crippen LogP contribution in [0.5, 0.6) is 0 Å². The molecule has 0 amide bonds. The number of nitrogens with one attached hydrogen (secondary N) is 1. The second-order valence-corrected chi connectivity index (χ2v) is 7.57. The van der Waals surface area contributed by atoms with Gasteiger partial charge in [0.15, 0.2) is 0 Å². The molecule has 2 aromatic rings. The summed E-state index contributed by atoms with van der Waals surface area (Å²) in [5, 5.41) is 5.65. The Hall–Kier alpha value is -0.160. The van der Waals surface area contributed by atoms with E-state index in [0.717, 1.165) is 25.9 Å². The Labute approximate surface area is 142 Å². The van der Waals surface area contributed by atoms with Crippen LogP contribution in [0.1, 0.15) is 17.4 Å². The van der Waals surface area contributed by atoms with Crippen molar-refractivity contribution >= 4 is 43.2 Å². The topological polar surface area (TPSA) is 12.0 Å². The molecule has 0 aliphatic heterocycles. The minimum absolute atomic E-state index is 0.614. The monoisotopic (exact) mass is 415 g/mol. The molecule has 0 spiro atoms. The molecule has 4 heteroatoms. The van der Waals surface area contributed by atoms with Crippen LogP contribution >= 0.6 is 43.2 Å². The zero-order valence-electron chi connectivity index (χ0n) is 11.5. The number of hydrogen-bond acceptors (Lipinski definition) is 2. The van der Waals surface area contributed by atoms with Crippen LogP contribution in [-0.2, 0) is 12.8 Å². The molecule has 1 N–H and O–H groups in total. The maximum absolute atomic E-state index is 3.66. The fourth-order valence-corrected chi connectivity index (χ4v) is 4.35. The quantitative estimate of drug-likeness (QED) is 0.646. The van der Waals surface area contributed by atoms with Gasteiger partial charge in [0.2, 0.25) is 0 Å². The van der Waals surface area contributed by atoms with E-state index in [9.17, 15) is 0 Å². The zero-order valence-corrected chi connectivity index (χ0v) is 15.5. The minimum atomic E-state index is 0.614. The largest absolute Gasteiger partial charge is 0.317 e. The summed E-state index contributed by atoms with van der Waals surface area (Å²) in [7, 11) is 0. The molecule has 1 aromatic heterocycles. The lowest BCUT2D eigenvalue weighted by atomic mass is 9.95. The highest BCUT2D eigenvalue weighted by Gasteiger charge is 2.14. The molecule has 0 aliphatic rings. The van der Waals surface area contributed by atoms with E-state index >= 15 is 0 Å². The second kappa shape index (κ2) is 8.32. The Morgan fingerprint density at radius 3 is 2.55 bits per heavy atom. The molecule has 20 heavy (non-hydrogen) atoms. The maximum Gasteiger partial charge on any atom is 0.0314 e. The standard InChI is InChI=1S/C16H19Br2NS/c1-2-19-11-12(10-16-15(18)7-8-20-16)9-13-5-3-4-6-14(13)17/h3-8,12,19H,2,9-11H2,1H3. The van der Waals surface area contributed by atoms with Crippen molar-refractivity contribution in [1.29, 1.82) is 0 Å². The van der Waals surface area contributed by atoms with Gasteiger partial charge in [-0.05, 0) is 70.9 Å². The second-order valence-electron chi connectivity index (χ2n) is 4.87. The van der Waals surface area contributed by atoms with E-state index in [4.69, 9.17) is 0 Å². The van der Waals surface area contributed by atoms with Crippen LogP contribution in [0, 0.1) is 5.92 Å². The van der Waals surface area contributed by atoms with Gasteiger partial charge in [-0.25, -0.2) is 0 Å². The van der Waals surface area contributed by atoms with Crippen LogP contribution in [0.3, 0.4) is 0 Å². The first-order valence-corrected chi connectivity index (χ1v) is 9.33. The maximum atomic E-state index is 3.66. The number of thiophene rings is 1. The van der Waals surface area contributed by atoms with Crippen molar-refractivity contribution < 1.29 is 0 Å². The molecule has 0 aliphatic carbocycles. The normalized spacial score (nSPS) is 12.6. The van der Waals surface area contributed by atoms with Crippen LogP contribution in [-0.4, -0.2) is 13.1 Å². The van der Waals surface area contributed by atoms with Crippen molar-refractivity contribution in [3.05, 3.63) is 55.1 Å². The van der Waals surface area contributed by atoms with Crippen molar-refractivity contribution in [1.82, 2.24) is 5.32 Å². The van der Waals surface area contributed by atoms with Gasteiger partial charge in [-0.2, -0.15) is 0 Å². The lowest BCUT2D eigenvalue weighted by Gasteiger charge is -2.18. The van der Waals surface area contributed by atoms with E-state index in [-0.39, 0.29) is 0 Å². The van der Waals surface area contributed by atoms with Gasteiger partial charge in [0.25, 0.3) is 0 Å². The summed E-state index contributed by atoms with van der Waals surface area (Å²) in [6, 6.07) is 10.7. The van der Waals surface area contributed by atoms with Crippen LogP contribution < -0.4 is 5.32 Å². The fraction of sp³-hybridized carbons (Fsp3) is 0.375. The summed E-state index contributed by atoms with van der Waals surface area (Å²) in [4.78, 5) is 1.44. The SMILES string of the molecule is CCNCC(Cc1ccccc1Br)Cc1sccc1Br. The number of rotatable bonds is 7. The van der Waals surface area contributed by atoms with Gasteiger partial charge < -0.3 is 5.32 Å². The molecule has 2 rings (SSSR count). The van der Waals surface area contributed by atoms with Crippen molar-refractivity contribution in [2.45, 2.75) is 19.8 Å². The third kappa shape index (κ3) is 4.69. The Kier molecular flexibility index (Phi) is 6.75. The highest BCUT2D eigenvalue weighted by atomic mass is 79.9. The summed E-state index contributed by atoms with van der Waals surface area (Å²) >= 11 is 9.14. The number of hydrogen-bond donors (Lipinski definition) is 1. The van der Waals surface area contributed by atoms with E-state index in [1.165, 1.54) is 19.4 Å². The van der Waals surface area contributed by atoms with Gasteiger partial charge in [0.05, 0.1) is 0 Å². The molecule has 1 heterocycles. The molecular weight excluding hydrogens is 398 g/mol. The van der Waals surface area contributed by atoms with E-state index in [0.29, 0.717) is 5.92 Å². The predicted molar refractivity (Wildman–Crippen MR) is 95.6 cm³/mol. The summed E-state index contributed by atoms with van der Waals surface area (Å²) in [6.07, 6.45) is 2.21. The molecular formula is C16H19Br2NS. The zero-order chi connectivity index (χ0) is 14.4. The molecule has 1 unspecified atom stereocenters. The fourth-order valence-electron chi connectivity index (χ4n) is 2.27. The van der Waals surface area contributed by atoms with E-state index in [1.54, 1.807) is 0 Å². The molecule has 1 aromatic carbocycles. The van der Waals surface area contributed by atoms with E-state index in [1.807, 2.05) is 11.3 Å². The molecule has 1 atom stereocenters. The highest BCUT2D eigenvalue weighted by Crippen LogP contribution is 2.28. The Bertz CT molecular complexity index is 539. The summed E-state index contributed by atoms with van der Waals surface area (Å²) in [5.41, 5.74) is 1.39. The van der Waals surface area contributed by atoms with E-state index < -0.39 is 0 Å². The molecule has 108 valence electrons. The Morgan fingerprint density at radius 1 is 1.10 bits per heavy atom. The van der Waals surface area contributed by atoms with Gasteiger partial charge >= 0.3 is 0 Å². The smallest absolute Gasteiger partial charge is 0.0314 e. The lowest BCUT2D eigenvalue weighted by molar-refractivity contribution is 0.480. The van der Waals surface area contributed by atoms with Crippen LogP contribution in [0.15, 0.2) is 44.7 Å². The molecule has 0 saturated heterocycles. The summed E-state index contributed by atoms with van der Waals surface area (Å²) in [6.45, 7) is 4.25. The van der Waals surface area contributed by atoms with E-state index in [2.05, 4.69) is 79.8 Å². The molecule has 1 nitrogen and oxygen atoms in total. The van der Waals surface area contributed by atoms with Gasteiger partial charge in [-0.1, -0.05) is 41.1 Å². The Balaban J connectivity index is 2.07. The van der Waals surface area contributed by atoms with Gasteiger partial charge in [0.1, 0.15) is 0 Å². The molecule has 0 saturated carbocycles. The molecule has 0 radical (unpaired) electrons. The van der Waals surface area contributed by atoms with Gasteiger partial charge in [-0.3, -0.25) is 0 Å². The Morgan fingerprint density at radius 2 is 1.90 bits per heavy atom. The van der Waals surface area contributed by atoms with Crippen LogP contribution in [0.25, 0.3) is 0 Å². The third-order valence-corrected chi connectivity index (χ3v) is 6.04. The lowest BCUT2D eigenvalue weighted by Crippen LogP contribution is -2.25. The van der Waals surface area contributed by atoms with Gasteiger partial charge in [-0.15, -0.1) is 11.3 Å². The van der Waals surface area contributed by atoms with Crippen molar-refractivity contribution in [2.24, 2.45) is 5.92 Å². The van der Waals surface area contributed by atoms with Crippen molar-refractivity contribution in [3.8, 4) is 0 Å². The summed E-state index contributed by atoms with van der Waals surface area (Å²) in [5.74, 6) is 0.614. The number of halogens is 2. The third-order valence-electron chi connectivity index (χ3n) is 3.31. The van der Waals surface area contributed by atoms with Crippen molar-refractivity contribution in [2.75, 3.05) is 13.1 Å². The van der Waals surface area contributed by atoms with Crippen LogP contribution in [0.2, 0.25) is 0 Å². The van der Waals surface area contributed by atoms with Crippen LogP contribution in [0.4, 0.5) is 0 Å². The first-order chi connectivity index (χ1) is 9.70. The number of benzene rings is 1. The summed E-state index contributed by atoms with van der Waals surface area (Å²) < 4.78 is 2.46. The van der Waals surface area contributed by atoms with Crippen molar-refractivity contribution in [3.63, 3.8) is 0 Å². The average Bonchev–Trinajstić information content (AvgIpc) is 2.84. The first-order valence-electron chi connectivity index (χ1n) is 6.86. The highest BCUT2D eigenvalue weighted by molar-refractivity contribution is 9.10.